The van der Waals surface area contributed by atoms with Gasteiger partial charge in [-0.05, 0) is 68.2 Å². The van der Waals surface area contributed by atoms with Gasteiger partial charge in [-0.15, -0.1) is 23.5 Å². The molecule has 1 rings (SSSR count). The van der Waals surface area contributed by atoms with Gasteiger partial charge < -0.3 is 14.3 Å². The van der Waals surface area contributed by atoms with Crippen LogP contribution in [0.25, 0.3) is 0 Å². The summed E-state index contributed by atoms with van der Waals surface area (Å²) >= 11 is 4.11. The SMILES string of the molecule is C/C=C/C[C@H](C)[C@@H](OC)[C@@H](C)C1(C[C@@H](O)[C@@H](/C=C\CO[Si](C)(C)C(C)(C)C)CC)SCCCS1. The normalized spacial score (nSPS) is 22.1. The van der Waals surface area contributed by atoms with Crippen LogP contribution >= 0.6 is 23.5 Å². The highest BCUT2D eigenvalue weighted by Gasteiger charge is 2.46. The minimum Gasteiger partial charge on any atom is -0.413 e. The molecule has 34 heavy (non-hydrogen) atoms. The molecule has 1 saturated heterocycles. The zero-order chi connectivity index (χ0) is 26.0. The Labute approximate surface area is 221 Å². The molecule has 1 fully saturated rings. The maximum Gasteiger partial charge on any atom is 0.192 e. The van der Waals surface area contributed by atoms with Crippen LogP contribution in [0.4, 0.5) is 0 Å². The van der Waals surface area contributed by atoms with Crippen LogP contribution in [0.3, 0.4) is 0 Å². The standard InChI is InChI=1S/C28H54O3S2Si/c1-11-13-16-22(3)26(30-8)23(4)28(32-19-15-20-33-28)21-25(29)24(12-2)17-14-18-31-34(9,10)27(5,6)7/h11,13-14,17,22-26,29H,12,15-16,18-21H2,1-10H3/b13-11+,17-14-/t22-,23+,24+,25+,26+/m0/s1. The van der Waals surface area contributed by atoms with Crippen LogP contribution in [-0.4, -0.2) is 54.9 Å². The van der Waals surface area contributed by atoms with Gasteiger partial charge in [0.2, 0.25) is 0 Å². The Balaban J connectivity index is 2.94. The van der Waals surface area contributed by atoms with Crippen LogP contribution in [0.2, 0.25) is 18.1 Å². The molecule has 0 aromatic carbocycles. The van der Waals surface area contributed by atoms with Gasteiger partial charge in [0.05, 0.1) is 22.9 Å². The van der Waals surface area contributed by atoms with E-state index in [1.54, 1.807) is 0 Å². The molecule has 0 aliphatic carbocycles. The fourth-order valence-electron chi connectivity index (χ4n) is 4.50. The molecule has 200 valence electrons. The van der Waals surface area contributed by atoms with E-state index in [0.29, 0.717) is 18.4 Å². The fourth-order valence-corrected chi connectivity index (χ4v) is 9.11. The summed E-state index contributed by atoms with van der Waals surface area (Å²) in [5, 5.41) is 11.6. The van der Waals surface area contributed by atoms with Gasteiger partial charge >= 0.3 is 0 Å². The van der Waals surface area contributed by atoms with Crippen LogP contribution in [0, 0.1) is 17.8 Å². The first-order valence-electron chi connectivity index (χ1n) is 13.3. The van der Waals surface area contributed by atoms with Crippen molar-refractivity contribution in [3.05, 3.63) is 24.3 Å². The lowest BCUT2D eigenvalue weighted by Crippen LogP contribution is -2.45. The van der Waals surface area contributed by atoms with Gasteiger partial charge in [0.25, 0.3) is 0 Å². The van der Waals surface area contributed by atoms with E-state index in [9.17, 15) is 5.11 Å². The summed E-state index contributed by atoms with van der Waals surface area (Å²) in [5.41, 5.74) is 0. The number of ether oxygens (including phenoxy) is 1. The first kappa shape index (κ1) is 32.3. The first-order valence-corrected chi connectivity index (χ1v) is 18.1. The number of aliphatic hydroxyl groups excluding tert-OH is 1. The molecule has 0 aromatic rings. The third-order valence-electron chi connectivity index (χ3n) is 7.93. The molecule has 0 saturated carbocycles. The van der Waals surface area contributed by atoms with E-state index in [0.717, 1.165) is 30.8 Å². The Morgan fingerprint density at radius 1 is 1.12 bits per heavy atom. The summed E-state index contributed by atoms with van der Waals surface area (Å²) in [6.45, 7) is 20.9. The highest BCUT2D eigenvalue weighted by Crippen LogP contribution is 2.53. The quantitative estimate of drug-likeness (QED) is 0.181. The molecular formula is C28H54O3S2Si. The average Bonchev–Trinajstić information content (AvgIpc) is 2.77. The van der Waals surface area contributed by atoms with Gasteiger partial charge in [0.1, 0.15) is 0 Å². The van der Waals surface area contributed by atoms with Crippen LogP contribution in [0.1, 0.15) is 74.1 Å². The van der Waals surface area contributed by atoms with Crippen LogP contribution in [0.5, 0.6) is 0 Å². The van der Waals surface area contributed by atoms with E-state index >= 15 is 0 Å². The Morgan fingerprint density at radius 3 is 2.24 bits per heavy atom. The number of hydrogen-bond donors (Lipinski definition) is 1. The maximum atomic E-state index is 11.4. The van der Waals surface area contributed by atoms with Crippen molar-refractivity contribution in [1.82, 2.24) is 0 Å². The third kappa shape index (κ3) is 9.30. The van der Waals surface area contributed by atoms with Crippen molar-refractivity contribution in [3.8, 4) is 0 Å². The van der Waals surface area contributed by atoms with E-state index in [-0.39, 0.29) is 27.2 Å². The topological polar surface area (TPSA) is 38.7 Å². The van der Waals surface area contributed by atoms with Gasteiger partial charge in [0, 0.05) is 18.9 Å². The monoisotopic (exact) mass is 530 g/mol. The Bertz CT molecular complexity index is 624. The molecule has 1 aliphatic rings. The summed E-state index contributed by atoms with van der Waals surface area (Å²) in [4.78, 5) is 0. The molecule has 0 spiro atoms. The Hall–Kier alpha value is 0.277. The number of aliphatic hydroxyl groups is 1. The third-order valence-corrected chi connectivity index (χ3v) is 16.2. The predicted molar refractivity (Wildman–Crippen MR) is 158 cm³/mol. The van der Waals surface area contributed by atoms with Crippen molar-refractivity contribution in [1.29, 1.82) is 0 Å². The predicted octanol–water partition coefficient (Wildman–Crippen LogP) is 8.16. The van der Waals surface area contributed by atoms with E-state index < -0.39 is 8.32 Å². The maximum absolute atomic E-state index is 11.4. The molecule has 0 amide bonds. The highest BCUT2D eigenvalue weighted by atomic mass is 32.2. The van der Waals surface area contributed by atoms with Crippen LogP contribution < -0.4 is 0 Å². The second-order valence-electron chi connectivity index (χ2n) is 11.5. The molecule has 0 radical (unpaired) electrons. The second kappa shape index (κ2) is 14.9. The van der Waals surface area contributed by atoms with Crippen LogP contribution in [0.15, 0.2) is 24.3 Å². The molecular weight excluding hydrogens is 477 g/mol. The largest absolute Gasteiger partial charge is 0.413 e. The molecule has 6 heteroatoms. The number of allylic oxidation sites excluding steroid dienone is 2. The molecule has 0 aromatic heterocycles. The molecule has 1 aliphatic heterocycles. The van der Waals surface area contributed by atoms with E-state index in [4.69, 9.17) is 9.16 Å². The van der Waals surface area contributed by atoms with E-state index in [2.05, 4.69) is 109 Å². The summed E-state index contributed by atoms with van der Waals surface area (Å²) in [6.07, 6.45) is 12.5. The van der Waals surface area contributed by atoms with Gasteiger partial charge in [-0.3, -0.25) is 0 Å². The minimum absolute atomic E-state index is 0.0125. The fraction of sp³-hybridized carbons (Fsp3) is 0.857. The van der Waals surface area contributed by atoms with Gasteiger partial charge in [-0.1, -0.05) is 65.8 Å². The van der Waals surface area contributed by atoms with Crippen LogP contribution in [-0.2, 0) is 9.16 Å². The number of thioether (sulfide) groups is 2. The van der Waals surface area contributed by atoms with E-state index in [1.807, 2.05) is 7.11 Å². The molecule has 0 unspecified atom stereocenters. The van der Waals surface area contributed by atoms with Gasteiger partial charge in [-0.25, -0.2) is 0 Å². The van der Waals surface area contributed by atoms with Crippen molar-refractivity contribution in [3.63, 3.8) is 0 Å². The lowest BCUT2D eigenvalue weighted by molar-refractivity contribution is 0.00656. The van der Waals surface area contributed by atoms with Crippen molar-refractivity contribution in [2.24, 2.45) is 17.8 Å². The second-order valence-corrected chi connectivity index (χ2v) is 19.4. The lowest BCUT2D eigenvalue weighted by Gasteiger charge is -2.46. The van der Waals surface area contributed by atoms with Crippen molar-refractivity contribution < 1.29 is 14.3 Å². The highest BCUT2D eigenvalue weighted by molar-refractivity contribution is 8.18. The lowest BCUT2D eigenvalue weighted by atomic mass is 9.84. The minimum atomic E-state index is -1.75. The zero-order valence-corrected chi connectivity index (χ0v) is 26.4. The first-order chi connectivity index (χ1) is 15.8. The number of rotatable bonds is 14. The molecule has 0 bridgehead atoms. The van der Waals surface area contributed by atoms with Crippen molar-refractivity contribution in [2.45, 2.75) is 109 Å². The Morgan fingerprint density at radius 2 is 1.74 bits per heavy atom. The number of hydrogen-bond acceptors (Lipinski definition) is 5. The van der Waals surface area contributed by atoms with E-state index in [1.165, 1.54) is 6.42 Å². The molecule has 5 atom stereocenters. The molecule has 3 nitrogen and oxygen atoms in total. The van der Waals surface area contributed by atoms with Gasteiger partial charge in [0.15, 0.2) is 8.32 Å². The Kier molecular flexibility index (Phi) is 14.1. The summed E-state index contributed by atoms with van der Waals surface area (Å²) in [6, 6.07) is 0. The summed E-state index contributed by atoms with van der Waals surface area (Å²) in [7, 11) is 0.104. The smallest absolute Gasteiger partial charge is 0.192 e. The zero-order valence-electron chi connectivity index (χ0n) is 23.7. The van der Waals surface area contributed by atoms with Crippen molar-refractivity contribution >= 4 is 31.8 Å². The summed E-state index contributed by atoms with van der Waals surface area (Å²) < 4.78 is 12.4. The molecule has 1 heterocycles. The average molecular weight is 531 g/mol. The number of methoxy groups -OCH3 is 1. The van der Waals surface area contributed by atoms with Crippen molar-refractivity contribution in [2.75, 3.05) is 25.2 Å². The molecule has 1 N–H and O–H groups in total. The van der Waals surface area contributed by atoms with Gasteiger partial charge in [-0.2, -0.15) is 0 Å². The summed E-state index contributed by atoms with van der Waals surface area (Å²) in [5.74, 6) is 3.28.